The zero-order valence-corrected chi connectivity index (χ0v) is 8.97. The van der Waals surface area contributed by atoms with Crippen LogP contribution in [0.5, 0.6) is 0 Å². The molecule has 1 N–H and O–H groups in total. The second-order valence-corrected chi connectivity index (χ2v) is 4.60. The number of ether oxygens (including phenoxy) is 2. The summed E-state index contributed by atoms with van der Waals surface area (Å²) >= 11 is 1.49. The molecule has 1 aromatic heterocycles. The van der Waals surface area contributed by atoms with Crippen LogP contribution in [-0.4, -0.2) is 30.5 Å². The molecule has 4 nitrogen and oxygen atoms in total. The average Bonchev–Trinajstić information content (AvgIpc) is 2.47. The van der Waals surface area contributed by atoms with Gasteiger partial charge in [0.25, 0.3) is 0 Å². The molecule has 5 heteroatoms. The van der Waals surface area contributed by atoms with E-state index in [1.54, 1.807) is 0 Å². The van der Waals surface area contributed by atoms with Crippen LogP contribution in [0.15, 0.2) is 6.20 Å². The maximum atomic E-state index is 7.70. The van der Waals surface area contributed by atoms with E-state index >= 15 is 0 Å². The van der Waals surface area contributed by atoms with Crippen molar-refractivity contribution in [2.75, 3.05) is 19.8 Å². The highest BCUT2D eigenvalue weighted by Gasteiger charge is 2.15. The van der Waals surface area contributed by atoms with Crippen LogP contribution < -0.4 is 4.80 Å². The molecule has 1 fully saturated rings. The SMILES string of the molecule is Cc1cn(CC2COCCO2)c(=N)s1. The van der Waals surface area contributed by atoms with Gasteiger partial charge in [-0.2, -0.15) is 0 Å². The van der Waals surface area contributed by atoms with Gasteiger partial charge in [0.05, 0.1) is 32.5 Å². The summed E-state index contributed by atoms with van der Waals surface area (Å²) in [5, 5.41) is 7.70. The maximum absolute atomic E-state index is 7.70. The predicted molar refractivity (Wildman–Crippen MR) is 53.5 cm³/mol. The average molecular weight is 214 g/mol. The zero-order chi connectivity index (χ0) is 9.97. The number of hydrogen-bond donors (Lipinski definition) is 1. The van der Waals surface area contributed by atoms with Gasteiger partial charge in [0.15, 0.2) is 4.80 Å². The predicted octanol–water partition coefficient (Wildman–Crippen LogP) is 0.753. The first-order valence-corrected chi connectivity index (χ1v) is 5.48. The molecule has 1 saturated heterocycles. The van der Waals surface area contributed by atoms with Crippen LogP contribution >= 0.6 is 11.3 Å². The molecule has 0 bridgehead atoms. The van der Waals surface area contributed by atoms with Crippen molar-refractivity contribution in [3.63, 3.8) is 0 Å². The van der Waals surface area contributed by atoms with Gasteiger partial charge in [0, 0.05) is 11.1 Å². The van der Waals surface area contributed by atoms with Gasteiger partial charge < -0.3 is 14.0 Å². The van der Waals surface area contributed by atoms with Gasteiger partial charge in [-0.3, -0.25) is 5.41 Å². The summed E-state index contributed by atoms with van der Waals surface area (Å²) in [5.41, 5.74) is 0. The van der Waals surface area contributed by atoms with Crippen LogP contribution in [-0.2, 0) is 16.0 Å². The Morgan fingerprint density at radius 1 is 1.64 bits per heavy atom. The van der Waals surface area contributed by atoms with E-state index in [-0.39, 0.29) is 6.10 Å². The quantitative estimate of drug-likeness (QED) is 0.790. The van der Waals surface area contributed by atoms with E-state index in [9.17, 15) is 0 Å². The molecule has 1 unspecified atom stereocenters. The fraction of sp³-hybridized carbons (Fsp3) is 0.667. The van der Waals surface area contributed by atoms with E-state index in [0.717, 1.165) is 11.4 Å². The Morgan fingerprint density at radius 3 is 3.07 bits per heavy atom. The van der Waals surface area contributed by atoms with Crippen LogP contribution in [0.1, 0.15) is 4.88 Å². The minimum atomic E-state index is 0.104. The minimum Gasteiger partial charge on any atom is -0.376 e. The number of nitrogens with one attached hydrogen (secondary N) is 1. The molecule has 0 aliphatic carbocycles. The van der Waals surface area contributed by atoms with Crippen molar-refractivity contribution in [1.82, 2.24) is 4.57 Å². The summed E-state index contributed by atoms with van der Waals surface area (Å²) in [5.74, 6) is 0. The van der Waals surface area contributed by atoms with Crippen LogP contribution in [0.3, 0.4) is 0 Å². The number of hydrogen-bond acceptors (Lipinski definition) is 4. The second kappa shape index (κ2) is 4.25. The molecule has 0 saturated carbocycles. The van der Waals surface area contributed by atoms with Gasteiger partial charge in [-0.15, -0.1) is 11.3 Å². The van der Waals surface area contributed by atoms with Gasteiger partial charge >= 0.3 is 0 Å². The number of thiazole rings is 1. The normalized spacial score (nSPS) is 22.5. The van der Waals surface area contributed by atoms with Gasteiger partial charge in [-0.1, -0.05) is 0 Å². The lowest BCUT2D eigenvalue weighted by molar-refractivity contribution is -0.0938. The monoisotopic (exact) mass is 214 g/mol. The lowest BCUT2D eigenvalue weighted by Crippen LogP contribution is -2.34. The third kappa shape index (κ3) is 2.23. The summed E-state index contributed by atoms with van der Waals surface area (Å²) in [6.07, 6.45) is 2.09. The molecule has 0 aromatic carbocycles. The summed E-state index contributed by atoms with van der Waals surface area (Å²) in [6.45, 7) is 4.74. The first-order valence-electron chi connectivity index (χ1n) is 4.66. The molecule has 1 aliphatic rings. The Bertz CT molecular complexity index is 352. The lowest BCUT2D eigenvalue weighted by Gasteiger charge is -2.23. The van der Waals surface area contributed by atoms with Crippen molar-refractivity contribution >= 4 is 11.3 Å². The first kappa shape index (κ1) is 9.89. The lowest BCUT2D eigenvalue weighted by atomic mass is 10.3. The van der Waals surface area contributed by atoms with Crippen molar-refractivity contribution in [1.29, 1.82) is 5.41 Å². The third-order valence-electron chi connectivity index (χ3n) is 2.14. The van der Waals surface area contributed by atoms with Crippen LogP contribution in [0.4, 0.5) is 0 Å². The smallest absolute Gasteiger partial charge is 0.182 e. The number of rotatable bonds is 2. The molecule has 2 heterocycles. The Balaban J connectivity index is 2.02. The largest absolute Gasteiger partial charge is 0.376 e. The molecule has 1 aromatic rings. The molecular formula is C9H14N2O2S. The fourth-order valence-corrected chi connectivity index (χ4v) is 2.24. The third-order valence-corrected chi connectivity index (χ3v) is 3.00. The highest BCUT2D eigenvalue weighted by Crippen LogP contribution is 2.06. The van der Waals surface area contributed by atoms with E-state index in [1.807, 2.05) is 17.7 Å². The van der Waals surface area contributed by atoms with Gasteiger partial charge in [0.2, 0.25) is 0 Å². The summed E-state index contributed by atoms with van der Waals surface area (Å²) in [6, 6.07) is 0. The van der Waals surface area contributed by atoms with Crippen molar-refractivity contribution < 1.29 is 9.47 Å². The van der Waals surface area contributed by atoms with Crippen molar-refractivity contribution in [2.24, 2.45) is 0 Å². The Kier molecular flexibility index (Phi) is 3.00. The molecule has 78 valence electrons. The topological polar surface area (TPSA) is 47.2 Å². The number of nitrogens with zero attached hydrogens (tertiary/aromatic N) is 1. The highest BCUT2D eigenvalue weighted by molar-refractivity contribution is 7.09. The summed E-state index contributed by atoms with van der Waals surface area (Å²) in [4.78, 5) is 1.74. The Labute approximate surface area is 86.6 Å². The van der Waals surface area contributed by atoms with E-state index in [0.29, 0.717) is 24.6 Å². The van der Waals surface area contributed by atoms with Gasteiger partial charge in [0.1, 0.15) is 0 Å². The maximum Gasteiger partial charge on any atom is 0.182 e. The van der Waals surface area contributed by atoms with Crippen molar-refractivity contribution in [3.8, 4) is 0 Å². The van der Waals surface area contributed by atoms with Crippen LogP contribution in [0, 0.1) is 12.3 Å². The molecule has 14 heavy (non-hydrogen) atoms. The molecule has 1 aliphatic heterocycles. The molecular weight excluding hydrogens is 200 g/mol. The van der Waals surface area contributed by atoms with Crippen LogP contribution in [0.25, 0.3) is 0 Å². The van der Waals surface area contributed by atoms with E-state index in [1.165, 1.54) is 11.3 Å². The molecule has 0 spiro atoms. The van der Waals surface area contributed by atoms with Crippen LogP contribution in [0.2, 0.25) is 0 Å². The summed E-state index contributed by atoms with van der Waals surface area (Å²) in [7, 11) is 0. The standard InChI is InChI=1S/C9H14N2O2S/c1-7-4-11(9(10)14-7)5-8-6-12-2-3-13-8/h4,8,10H,2-3,5-6H2,1H3. The van der Waals surface area contributed by atoms with Gasteiger partial charge in [-0.05, 0) is 6.92 Å². The van der Waals surface area contributed by atoms with E-state index < -0.39 is 0 Å². The highest BCUT2D eigenvalue weighted by atomic mass is 32.1. The van der Waals surface area contributed by atoms with Gasteiger partial charge in [-0.25, -0.2) is 0 Å². The van der Waals surface area contributed by atoms with Crippen molar-refractivity contribution in [2.45, 2.75) is 19.6 Å². The summed E-state index contributed by atoms with van der Waals surface area (Å²) < 4.78 is 12.7. The minimum absolute atomic E-state index is 0.104. The Morgan fingerprint density at radius 2 is 2.50 bits per heavy atom. The van der Waals surface area contributed by atoms with Crippen molar-refractivity contribution in [3.05, 3.63) is 15.9 Å². The first-order chi connectivity index (χ1) is 6.75. The zero-order valence-electron chi connectivity index (χ0n) is 8.16. The van der Waals surface area contributed by atoms with E-state index in [4.69, 9.17) is 14.9 Å². The number of aryl methyl sites for hydroxylation is 1. The molecule has 0 radical (unpaired) electrons. The molecule has 2 rings (SSSR count). The fourth-order valence-electron chi connectivity index (χ4n) is 1.51. The second-order valence-electron chi connectivity index (χ2n) is 3.37. The molecule has 1 atom stereocenters. The Hall–Kier alpha value is -0.650. The number of aromatic nitrogens is 1. The van der Waals surface area contributed by atoms with E-state index in [2.05, 4.69) is 0 Å². The molecule has 0 amide bonds.